The van der Waals surface area contributed by atoms with Crippen LogP contribution in [0.15, 0.2) is 67.1 Å². The van der Waals surface area contributed by atoms with Gasteiger partial charge in [-0.2, -0.15) is 0 Å². The molecular weight excluding hydrogens is 392 g/mol. The van der Waals surface area contributed by atoms with E-state index in [1.54, 1.807) is 42.6 Å². The number of para-hydroxylation sites is 1. The van der Waals surface area contributed by atoms with Crippen LogP contribution in [0.3, 0.4) is 0 Å². The number of fused-ring (bicyclic) bond motifs is 1. The summed E-state index contributed by atoms with van der Waals surface area (Å²) in [5.74, 6) is 0.0299. The van der Waals surface area contributed by atoms with Crippen LogP contribution < -0.4 is 16.4 Å². The second-order valence-electron chi connectivity index (χ2n) is 7.36. The van der Waals surface area contributed by atoms with E-state index in [2.05, 4.69) is 20.6 Å². The highest BCUT2D eigenvalue weighted by atomic mass is 16.2. The van der Waals surface area contributed by atoms with E-state index in [1.165, 1.54) is 6.33 Å². The van der Waals surface area contributed by atoms with Crippen molar-refractivity contribution in [3.63, 3.8) is 0 Å². The van der Waals surface area contributed by atoms with Gasteiger partial charge in [0.1, 0.15) is 17.8 Å². The van der Waals surface area contributed by atoms with Crippen LogP contribution in [0, 0.1) is 0 Å². The second-order valence-corrected chi connectivity index (χ2v) is 7.36. The Kier molecular flexibility index (Phi) is 5.36. The number of nitrogen functional groups attached to an aromatic ring is 1. The second kappa shape index (κ2) is 8.27. The highest BCUT2D eigenvalue weighted by molar-refractivity contribution is 6.18. The van der Waals surface area contributed by atoms with Crippen LogP contribution in [0.1, 0.15) is 35.8 Å². The van der Waals surface area contributed by atoms with Crippen molar-refractivity contribution in [2.75, 3.05) is 16.4 Å². The fourth-order valence-electron chi connectivity index (χ4n) is 3.38. The number of nitrogens with one attached hydrogen (secondary N) is 2. The molecule has 2 aromatic heterocycles. The van der Waals surface area contributed by atoms with Crippen LogP contribution in [-0.2, 0) is 0 Å². The predicted octanol–water partition coefficient (Wildman–Crippen LogP) is 4.47. The van der Waals surface area contributed by atoms with E-state index in [4.69, 9.17) is 5.73 Å². The Hall–Kier alpha value is -4.20. The van der Waals surface area contributed by atoms with Gasteiger partial charge in [-0.05, 0) is 38.1 Å². The van der Waals surface area contributed by atoms with Crippen molar-refractivity contribution in [2.45, 2.75) is 19.9 Å². The van der Waals surface area contributed by atoms with E-state index >= 15 is 0 Å². The molecule has 2 aromatic carbocycles. The van der Waals surface area contributed by atoms with Gasteiger partial charge in [0, 0.05) is 29.2 Å². The molecule has 0 saturated heterocycles. The topological polar surface area (TPSA) is 115 Å². The Morgan fingerprint density at radius 1 is 0.968 bits per heavy atom. The number of ketones is 1. The fourth-order valence-corrected chi connectivity index (χ4v) is 3.38. The van der Waals surface area contributed by atoms with Gasteiger partial charge in [-0.25, -0.2) is 14.8 Å². The van der Waals surface area contributed by atoms with Crippen molar-refractivity contribution in [1.29, 1.82) is 0 Å². The number of rotatable bonds is 5. The molecule has 31 heavy (non-hydrogen) atoms. The molecule has 8 nitrogen and oxygen atoms in total. The zero-order valence-corrected chi connectivity index (χ0v) is 17.2. The summed E-state index contributed by atoms with van der Waals surface area (Å²) in [6.45, 7) is 4.00. The first-order valence-electron chi connectivity index (χ1n) is 9.83. The minimum absolute atomic E-state index is 0.0908. The van der Waals surface area contributed by atoms with E-state index in [0.29, 0.717) is 33.5 Å². The van der Waals surface area contributed by atoms with Crippen molar-refractivity contribution in [2.24, 2.45) is 0 Å². The third-order valence-corrected chi connectivity index (χ3v) is 4.85. The number of carbonyl (C=O) groups is 2. The van der Waals surface area contributed by atoms with E-state index in [0.717, 1.165) is 0 Å². The van der Waals surface area contributed by atoms with Crippen molar-refractivity contribution in [3.8, 4) is 0 Å². The Balaban J connectivity index is 1.63. The van der Waals surface area contributed by atoms with Gasteiger partial charge in [-0.1, -0.05) is 30.3 Å². The van der Waals surface area contributed by atoms with Gasteiger partial charge >= 0.3 is 6.03 Å². The lowest BCUT2D eigenvalue weighted by Crippen LogP contribution is -2.19. The van der Waals surface area contributed by atoms with E-state index < -0.39 is 6.03 Å². The quantitative estimate of drug-likeness (QED) is 0.417. The monoisotopic (exact) mass is 414 g/mol. The molecule has 156 valence electrons. The Bertz CT molecular complexity index is 1260. The number of nitrogens with zero attached hydrogens (tertiary/aromatic N) is 3. The van der Waals surface area contributed by atoms with Crippen LogP contribution in [-0.4, -0.2) is 26.3 Å². The molecule has 0 aliphatic carbocycles. The number of aromatic nitrogens is 3. The number of benzene rings is 2. The number of urea groups is 1. The maximum Gasteiger partial charge on any atom is 0.323 e. The van der Waals surface area contributed by atoms with Gasteiger partial charge in [0.25, 0.3) is 0 Å². The number of hydrogen-bond acceptors (Lipinski definition) is 5. The van der Waals surface area contributed by atoms with Gasteiger partial charge in [-0.3, -0.25) is 4.79 Å². The standard InChI is InChI=1S/C23H22N6O2/c1-14(2)29-12-18(19-21(24)25-13-26-22(19)29)20(30)15-7-6-10-17(11-15)28-23(31)27-16-8-4-3-5-9-16/h3-14H,1-2H3,(H2,24,25,26)(H2,27,28,31). The highest BCUT2D eigenvalue weighted by Gasteiger charge is 2.21. The summed E-state index contributed by atoms with van der Waals surface area (Å²) >= 11 is 0. The predicted molar refractivity (Wildman–Crippen MR) is 121 cm³/mol. The summed E-state index contributed by atoms with van der Waals surface area (Å²) < 4.78 is 1.90. The first-order chi connectivity index (χ1) is 14.9. The van der Waals surface area contributed by atoms with Crippen LogP contribution >= 0.6 is 0 Å². The molecule has 0 saturated carbocycles. The molecule has 0 unspecified atom stereocenters. The van der Waals surface area contributed by atoms with Crippen LogP contribution in [0.4, 0.5) is 22.0 Å². The first-order valence-corrected chi connectivity index (χ1v) is 9.83. The molecule has 0 fully saturated rings. The molecule has 8 heteroatoms. The Labute approximate surface area is 179 Å². The van der Waals surface area contributed by atoms with E-state index in [1.807, 2.05) is 36.6 Å². The maximum absolute atomic E-state index is 13.3. The van der Waals surface area contributed by atoms with E-state index in [-0.39, 0.29) is 17.6 Å². The lowest BCUT2D eigenvalue weighted by atomic mass is 10.0. The zero-order valence-electron chi connectivity index (χ0n) is 17.2. The molecule has 4 N–H and O–H groups in total. The number of anilines is 3. The van der Waals surface area contributed by atoms with Crippen molar-refractivity contribution in [3.05, 3.63) is 78.2 Å². The fraction of sp³-hybridized carbons (Fsp3) is 0.130. The minimum atomic E-state index is -0.398. The molecule has 0 spiro atoms. The summed E-state index contributed by atoms with van der Waals surface area (Å²) in [4.78, 5) is 34.0. The molecule has 0 bridgehead atoms. The number of nitrogens with two attached hydrogens (primary N) is 1. The van der Waals surface area contributed by atoms with E-state index in [9.17, 15) is 9.59 Å². The lowest BCUT2D eigenvalue weighted by molar-refractivity contribution is 0.104. The van der Waals surface area contributed by atoms with Gasteiger partial charge in [0.2, 0.25) is 0 Å². The SMILES string of the molecule is CC(C)n1cc(C(=O)c2cccc(NC(=O)Nc3ccccc3)c2)c2c(N)ncnc21. The van der Waals surface area contributed by atoms with Gasteiger partial charge in [-0.15, -0.1) is 0 Å². The molecule has 4 rings (SSSR count). The molecule has 0 atom stereocenters. The van der Waals surface area contributed by atoms with Gasteiger partial charge in [0.05, 0.1) is 10.9 Å². The summed E-state index contributed by atoms with van der Waals surface area (Å²) in [5.41, 5.74) is 8.70. The lowest BCUT2D eigenvalue weighted by Gasteiger charge is -2.09. The Morgan fingerprint density at radius 2 is 1.68 bits per heavy atom. The summed E-state index contributed by atoms with van der Waals surface area (Å²) in [5, 5.41) is 6.03. The van der Waals surface area contributed by atoms with Crippen molar-refractivity contribution < 1.29 is 9.59 Å². The zero-order chi connectivity index (χ0) is 22.0. The van der Waals surface area contributed by atoms with Crippen LogP contribution in [0.25, 0.3) is 11.0 Å². The van der Waals surface area contributed by atoms with Crippen LogP contribution in [0.5, 0.6) is 0 Å². The van der Waals surface area contributed by atoms with Gasteiger partial charge in [0.15, 0.2) is 5.78 Å². The first kappa shape index (κ1) is 20.1. The average molecular weight is 414 g/mol. The minimum Gasteiger partial charge on any atom is -0.383 e. The molecule has 0 aliphatic heterocycles. The van der Waals surface area contributed by atoms with Crippen molar-refractivity contribution in [1.82, 2.24) is 14.5 Å². The summed E-state index contributed by atoms with van der Waals surface area (Å²) in [6, 6.07) is 15.6. The molecular formula is C23H22N6O2. The normalized spacial score (nSPS) is 10.9. The highest BCUT2D eigenvalue weighted by Crippen LogP contribution is 2.29. The molecule has 0 aliphatic rings. The molecule has 0 radical (unpaired) electrons. The average Bonchev–Trinajstić information content (AvgIpc) is 3.15. The largest absolute Gasteiger partial charge is 0.383 e. The number of amides is 2. The molecule has 2 heterocycles. The number of carbonyl (C=O) groups excluding carboxylic acids is 2. The molecule has 4 aromatic rings. The third-order valence-electron chi connectivity index (χ3n) is 4.85. The van der Waals surface area contributed by atoms with Crippen LogP contribution in [0.2, 0.25) is 0 Å². The van der Waals surface area contributed by atoms with Crippen molar-refractivity contribution >= 4 is 40.0 Å². The number of hydrogen-bond donors (Lipinski definition) is 3. The summed E-state index contributed by atoms with van der Waals surface area (Å²) in [7, 11) is 0. The third kappa shape index (κ3) is 4.09. The molecule has 2 amide bonds. The van der Waals surface area contributed by atoms with Gasteiger partial charge < -0.3 is 20.9 Å². The Morgan fingerprint density at radius 3 is 2.42 bits per heavy atom. The summed E-state index contributed by atoms with van der Waals surface area (Å²) in [6.07, 6.45) is 3.14. The smallest absolute Gasteiger partial charge is 0.323 e. The maximum atomic E-state index is 13.3.